The van der Waals surface area contributed by atoms with E-state index in [9.17, 15) is 19.5 Å². The van der Waals surface area contributed by atoms with Crippen LogP contribution in [0.3, 0.4) is 0 Å². The number of carboxylic acids is 1. The van der Waals surface area contributed by atoms with Crippen LogP contribution in [0.2, 0.25) is 0 Å². The molecule has 1 aromatic heterocycles. The standard InChI is InChI=1S/C16H21NO5S/c1-3-9-8-12(16(21)22-2)14(23-9)17-13(18)10-6-4-5-7-11(10)15(19)20/h8,10-11H,3-7H2,1-2H3,(H,17,18)(H,19,20)/t10-,11-/m1/s1. The van der Waals surface area contributed by atoms with Gasteiger partial charge in [-0.25, -0.2) is 4.79 Å². The van der Waals surface area contributed by atoms with Crippen molar-refractivity contribution in [2.45, 2.75) is 39.0 Å². The monoisotopic (exact) mass is 339 g/mol. The average molecular weight is 339 g/mol. The number of aliphatic carboxylic acids is 1. The molecule has 2 rings (SSSR count). The molecule has 1 aromatic rings. The molecule has 1 aliphatic carbocycles. The van der Waals surface area contributed by atoms with Crippen LogP contribution in [0.1, 0.15) is 47.8 Å². The molecule has 2 atom stereocenters. The van der Waals surface area contributed by atoms with Gasteiger partial charge < -0.3 is 15.2 Å². The molecule has 23 heavy (non-hydrogen) atoms. The molecular weight excluding hydrogens is 318 g/mol. The van der Waals surface area contributed by atoms with Gasteiger partial charge in [-0.15, -0.1) is 11.3 Å². The van der Waals surface area contributed by atoms with E-state index in [0.717, 1.165) is 24.1 Å². The molecule has 126 valence electrons. The second-order valence-electron chi connectivity index (χ2n) is 5.63. The van der Waals surface area contributed by atoms with E-state index in [0.29, 0.717) is 23.4 Å². The van der Waals surface area contributed by atoms with Gasteiger partial charge >= 0.3 is 11.9 Å². The lowest BCUT2D eigenvalue weighted by molar-refractivity contribution is -0.147. The minimum atomic E-state index is -0.932. The zero-order valence-electron chi connectivity index (χ0n) is 13.3. The van der Waals surface area contributed by atoms with Gasteiger partial charge in [0.05, 0.1) is 24.5 Å². The number of carboxylic acid groups (broad SMARTS) is 1. The largest absolute Gasteiger partial charge is 0.481 e. The number of thiophene rings is 1. The van der Waals surface area contributed by atoms with Crippen molar-refractivity contribution in [3.05, 3.63) is 16.5 Å². The zero-order chi connectivity index (χ0) is 17.0. The number of rotatable bonds is 5. The molecule has 7 heteroatoms. The predicted octanol–water partition coefficient (Wildman–Crippen LogP) is 2.93. The Kier molecular flexibility index (Phi) is 5.76. The second-order valence-corrected chi connectivity index (χ2v) is 6.76. The smallest absolute Gasteiger partial charge is 0.340 e. The number of ether oxygens (including phenoxy) is 1. The van der Waals surface area contributed by atoms with Crippen LogP contribution in [0.4, 0.5) is 5.00 Å². The minimum absolute atomic E-state index is 0.324. The third kappa shape index (κ3) is 3.90. The van der Waals surface area contributed by atoms with E-state index in [1.807, 2.05) is 6.92 Å². The number of esters is 1. The lowest BCUT2D eigenvalue weighted by Crippen LogP contribution is -2.36. The highest BCUT2D eigenvalue weighted by molar-refractivity contribution is 7.16. The molecule has 1 fully saturated rings. The Morgan fingerprint density at radius 1 is 1.30 bits per heavy atom. The fourth-order valence-electron chi connectivity index (χ4n) is 2.92. The first kappa shape index (κ1) is 17.5. The number of methoxy groups -OCH3 is 1. The van der Waals surface area contributed by atoms with Crippen molar-refractivity contribution in [3.63, 3.8) is 0 Å². The van der Waals surface area contributed by atoms with E-state index in [1.54, 1.807) is 6.07 Å². The lowest BCUT2D eigenvalue weighted by Gasteiger charge is -2.27. The molecule has 0 aliphatic heterocycles. The van der Waals surface area contributed by atoms with Gasteiger partial charge in [-0.1, -0.05) is 19.8 Å². The van der Waals surface area contributed by atoms with Crippen LogP contribution < -0.4 is 5.32 Å². The molecule has 6 nitrogen and oxygen atoms in total. The summed E-state index contributed by atoms with van der Waals surface area (Å²) in [7, 11) is 1.29. The third-order valence-corrected chi connectivity index (χ3v) is 5.39. The SMILES string of the molecule is CCc1cc(C(=O)OC)c(NC(=O)[C@@H]2CCCC[C@H]2C(=O)O)s1. The number of anilines is 1. The van der Waals surface area contributed by atoms with Gasteiger partial charge in [0, 0.05) is 4.88 Å². The van der Waals surface area contributed by atoms with Gasteiger partial charge in [-0.05, 0) is 25.3 Å². The van der Waals surface area contributed by atoms with Crippen molar-refractivity contribution in [3.8, 4) is 0 Å². The first-order valence-electron chi connectivity index (χ1n) is 7.72. The summed E-state index contributed by atoms with van der Waals surface area (Å²) in [5.41, 5.74) is 0.324. The predicted molar refractivity (Wildman–Crippen MR) is 86.8 cm³/mol. The molecule has 2 N–H and O–H groups in total. The van der Waals surface area contributed by atoms with Crippen LogP contribution >= 0.6 is 11.3 Å². The Morgan fingerprint density at radius 2 is 1.96 bits per heavy atom. The van der Waals surface area contributed by atoms with Gasteiger partial charge in [-0.3, -0.25) is 9.59 Å². The maximum Gasteiger partial charge on any atom is 0.340 e. The highest BCUT2D eigenvalue weighted by atomic mass is 32.1. The van der Waals surface area contributed by atoms with Crippen LogP contribution in [0, 0.1) is 11.8 Å². The Hall–Kier alpha value is -1.89. The normalized spacial score (nSPS) is 20.8. The molecule has 0 spiro atoms. The molecular formula is C16H21NO5S. The average Bonchev–Trinajstić information content (AvgIpc) is 2.97. The van der Waals surface area contributed by atoms with Gasteiger partial charge in [0.2, 0.25) is 5.91 Å². The topological polar surface area (TPSA) is 92.7 Å². The third-order valence-electron chi connectivity index (χ3n) is 4.19. The summed E-state index contributed by atoms with van der Waals surface area (Å²) >= 11 is 1.32. The number of amides is 1. The Labute approximate surface area is 138 Å². The number of carbonyl (C=O) groups is 3. The first-order valence-corrected chi connectivity index (χ1v) is 8.54. The quantitative estimate of drug-likeness (QED) is 0.805. The van der Waals surface area contributed by atoms with E-state index in [4.69, 9.17) is 4.74 Å². The highest BCUT2D eigenvalue weighted by Gasteiger charge is 2.36. The molecule has 1 saturated carbocycles. The summed E-state index contributed by atoms with van der Waals surface area (Å²) < 4.78 is 4.74. The molecule has 0 unspecified atom stereocenters. The Balaban J connectivity index is 2.20. The van der Waals surface area contributed by atoms with Gasteiger partial charge in [0.25, 0.3) is 0 Å². The fourth-order valence-corrected chi connectivity index (χ4v) is 3.90. The number of carbonyl (C=O) groups excluding carboxylic acids is 2. The first-order chi connectivity index (χ1) is 11.0. The van der Waals surface area contributed by atoms with Crippen molar-refractivity contribution < 1.29 is 24.2 Å². The van der Waals surface area contributed by atoms with Crippen LogP contribution in [0.25, 0.3) is 0 Å². The Morgan fingerprint density at radius 3 is 2.52 bits per heavy atom. The maximum absolute atomic E-state index is 12.5. The van der Waals surface area contributed by atoms with Gasteiger partial charge in [0.1, 0.15) is 5.00 Å². The molecule has 1 amide bonds. The van der Waals surface area contributed by atoms with Crippen LogP contribution in [0.15, 0.2) is 6.07 Å². The number of hydrogen-bond donors (Lipinski definition) is 2. The van der Waals surface area contributed by atoms with Crippen LogP contribution in [-0.2, 0) is 20.7 Å². The molecule has 0 saturated heterocycles. The summed E-state index contributed by atoms with van der Waals surface area (Å²) in [5.74, 6) is -2.98. The molecule has 0 bridgehead atoms. The number of hydrogen-bond acceptors (Lipinski definition) is 5. The van der Waals surface area contributed by atoms with E-state index in [-0.39, 0.29) is 5.91 Å². The molecule has 0 radical (unpaired) electrons. The second kappa shape index (κ2) is 7.59. The summed E-state index contributed by atoms with van der Waals surface area (Å²) in [4.78, 5) is 36.7. The summed E-state index contributed by atoms with van der Waals surface area (Å²) in [6.45, 7) is 1.96. The van der Waals surface area contributed by atoms with E-state index in [2.05, 4.69) is 5.32 Å². The van der Waals surface area contributed by atoms with Crippen molar-refractivity contribution in [2.75, 3.05) is 12.4 Å². The van der Waals surface area contributed by atoms with Gasteiger partial charge in [0.15, 0.2) is 0 Å². The van der Waals surface area contributed by atoms with Crippen LogP contribution in [0.5, 0.6) is 0 Å². The highest BCUT2D eigenvalue weighted by Crippen LogP contribution is 2.34. The van der Waals surface area contributed by atoms with E-state index >= 15 is 0 Å². The van der Waals surface area contributed by atoms with Gasteiger partial charge in [-0.2, -0.15) is 0 Å². The van der Waals surface area contributed by atoms with E-state index < -0.39 is 23.8 Å². The maximum atomic E-state index is 12.5. The van der Waals surface area contributed by atoms with Crippen molar-refractivity contribution >= 4 is 34.2 Å². The number of aryl methyl sites for hydroxylation is 1. The zero-order valence-corrected chi connectivity index (χ0v) is 14.1. The number of nitrogens with one attached hydrogen (secondary N) is 1. The minimum Gasteiger partial charge on any atom is -0.481 e. The van der Waals surface area contributed by atoms with Crippen molar-refractivity contribution in [1.82, 2.24) is 0 Å². The lowest BCUT2D eigenvalue weighted by atomic mass is 9.79. The molecule has 0 aromatic carbocycles. The van der Waals surface area contributed by atoms with Crippen molar-refractivity contribution in [2.24, 2.45) is 11.8 Å². The van der Waals surface area contributed by atoms with Crippen molar-refractivity contribution in [1.29, 1.82) is 0 Å². The Bertz CT molecular complexity index is 610. The van der Waals surface area contributed by atoms with Crippen LogP contribution in [-0.4, -0.2) is 30.1 Å². The van der Waals surface area contributed by atoms with E-state index in [1.165, 1.54) is 18.4 Å². The fraction of sp³-hybridized carbons (Fsp3) is 0.562. The molecule has 1 aliphatic rings. The summed E-state index contributed by atoms with van der Waals surface area (Å²) in [6, 6.07) is 1.71. The summed E-state index contributed by atoms with van der Waals surface area (Å²) in [6.07, 6.45) is 3.49. The summed E-state index contributed by atoms with van der Waals surface area (Å²) in [5, 5.41) is 12.5. The molecule has 1 heterocycles.